The molecule has 1 aromatic heterocycles. The van der Waals surface area contributed by atoms with Crippen LogP contribution in [0.5, 0.6) is 5.75 Å². The fourth-order valence-electron chi connectivity index (χ4n) is 3.77. The molecular formula is C22H20ClF2N3O3. The summed E-state index contributed by atoms with van der Waals surface area (Å²) in [5.41, 5.74) is 1.62. The van der Waals surface area contributed by atoms with Crippen molar-refractivity contribution in [1.29, 1.82) is 0 Å². The molecule has 1 N–H and O–H groups in total. The molecule has 1 saturated heterocycles. The smallest absolute Gasteiger partial charge is 0.387 e. The molecule has 0 saturated carbocycles. The number of nitrogens with one attached hydrogen (secondary N) is 1. The normalized spacial score (nSPS) is 14.8. The largest absolute Gasteiger partial charge is 0.435 e. The van der Waals surface area contributed by atoms with Crippen LogP contribution < -0.4 is 10.4 Å². The van der Waals surface area contributed by atoms with Gasteiger partial charge in [0.15, 0.2) is 0 Å². The maximum atomic E-state index is 12.7. The number of ether oxygens (including phenoxy) is 1. The van der Waals surface area contributed by atoms with Crippen LogP contribution in [0, 0.1) is 0 Å². The Kier molecular flexibility index (Phi) is 6.08. The number of rotatable bonds is 5. The first-order valence-corrected chi connectivity index (χ1v) is 10.2. The van der Waals surface area contributed by atoms with E-state index in [2.05, 4.69) is 9.72 Å². The molecule has 0 spiro atoms. The van der Waals surface area contributed by atoms with E-state index in [-0.39, 0.29) is 23.4 Å². The Hall–Kier alpha value is -3.13. The third-order valence-electron chi connectivity index (χ3n) is 5.37. The second kappa shape index (κ2) is 8.93. The average molecular weight is 448 g/mol. The number of nitrogens with zero attached hydrogens (tertiary/aromatic N) is 2. The number of alkyl halides is 2. The van der Waals surface area contributed by atoms with Gasteiger partial charge in [-0.2, -0.15) is 8.78 Å². The van der Waals surface area contributed by atoms with E-state index in [4.69, 9.17) is 11.6 Å². The molecule has 1 amide bonds. The molecule has 0 unspecified atom stereocenters. The van der Waals surface area contributed by atoms with Gasteiger partial charge in [-0.05, 0) is 66.9 Å². The lowest BCUT2D eigenvalue weighted by Gasteiger charge is -2.32. The van der Waals surface area contributed by atoms with Gasteiger partial charge in [0.1, 0.15) is 5.75 Å². The van der Waals surface area contributed by atoms with Gasteiger partial charge in [0, 0.05) is 35.9 Å². The Morgan fingerprint density at radius 3 is 2.32 bits per heavy atom. The molecule has 2 heterocycles. The summed E-state index contributed by atoms with van der Waals surface area (Å²) >= 11 is 5.88. The van der Waals surface area contributed by atoms with Crippen LogP contribution in [0.2, 0.25) is 5.02 Å². The Balaban J connectivity index is 1.42. The number of likely N-dealkylation sites (tertiary alicyclic amines) is 1. The SMILES string of the molecule is O=C(c1ccc(Cl)cc1)N1CCC(n2cc(-c3ccc(OC(F)F)cc3)[nH]c2=O)CC1. The molecule has 3 aromatic rings. The van der Waals surface area contributed by atoms with Gasteiger partial charge in [0.2, 0.25) is 0 Å². The van der Waals surface area contributed by atoms with Crippen LogP contribution in [0.1, 0.15) is 29.2 Å². The van der Waals surface area contributed by atoms with Gasteiger partial charge in [-0.25, -0.2) is 4.79 Å². The number of carbonyl (C=O) groups excluding carboxylic acids is 1. The quantitative estimate of drug-likeness (QED) is 0.622. The van der Waals surface area contributed by atoms with E-state index in [1.807, 2.05) is 0 Å². The lowest BCUT2D eigenvalue weighted by molar-refractivity contribution is -0.0498. The number of carbonyl (C=O) groups is 1. The van der Waals surface area contributed by atoms with E-state index in [1.54, 1.807) is 52.1 Å². The topological polar surface area (TPSA) is 67.3 Å². The summed E-state index contributed by atoms with van der Waals surface area (Å²) in [6, 6.07) is 12.8. The number of piperidine rings is 1. The summed E-state index contributed by atoms with van der Waals surface area (Å²) in [4.78, 5) is 29.7. The summed E-state index contributed by atoms with van der Waals surface area (Å²) in [6.45, 7) is -1.80. The summed E-state index contributed by atoms with van der Waals surface area (Å²) in [6.07, 6.45) is 3.03. The first-order chi connectivity index (χ1) is 14.9. The van der Waals surface area contributed by atoms with Crippen molar-refractivity contribution in [3.05, 3.63) is 75.8 Å². The molecule has 9 heteroatoms. The first kappa shape index (κ1) is 21.1. The van der Waals surface area contributed by atoms with Crippen molar-refractivity contribution in [3.8, 4) is 17.0 Å². The average Bonchev–Trinajstić information content (AvgIpc) is 3.15. The highest BCUT2D eigenvalue weighted by molar-refractivity contribution is 6.30. The van der Waals surface area contributed by atoms with Gasteiger partial charge in [0.05, 0.1) is 5.69 Å². The van der Waals surface area contributed by atoms with Crippen molar-refractivity contribution < 1.29 is 18.3 Å². The molecule has 0 radical (unpaired) electrons. The van der Waals surface area contributed by atoms with E-state index < -0.39 is 6.61 Å². The fourth-order valence-corrected chi connectivity index (χ4v) is 3.89. The van der Waals surface area contributed by atoms with Crippen LogP contribution in [0.15, 0.2) is 59.5 Å². The van der Waals surface area contributed by atoms with Crippen molar-refractivity contribution in [2.24, 2.45) is 0 Å². The maximum Gasteiger partial charge on any atom is 0.387 e. The molecular weight excluding hydrogens is 428 g/mol. The summed E-state index contributed by atoms with van der Waals surface area (Å²) in [7, 11) is 0. The number of hydrogen-bond donors (Lipinski definition) is 1. The molecule has 0 aliphatic carbocycles. The predicted octanol–water partition coefficient (Wildman–Crippen LogP) is 4.58. The van der Waals surface area contributed by atoms with E-state index in [9.17, 15) is 18.4 Å². The number of amides is 1. The molecule has 1 fully saturated rings. The highest BCUT2D eigenvalue weighted by atomic mass is 35.5. The van der Waals surface area contributed by atoms with Gasteiger partial charge >= 0.3 is 12.3 Å². The minimum Gasteiger partial charge on any atom is -0.435 e. The van der Waals surface area contributed by atoms with E-state index in [0.29, 0.717) is 47.8 Å². The second-order valence-corrected chi connectivity index (χ2v) is 7.75. The zero-order valence-electron chi connectivity index (χ0n) is 16.4. The van der Waals surface area contributed by atoms with Crippen LogP contribution in [0.3, 0.4) is 0 Å². The van der Waals surface area contributed by atoms with Crippen molar-refractivity contribution in [2.45, 2.75) is 25.5 Å². The Morgan fingerprint density at radius 2 is 1.71 bits per heavy atom. The van der Waals surface area contributed by atoms with Crippen LogP contribution in [-0.4, -0.2) is 40.1 Å². The molecule has 2 aromatic carbocycles. The molecule has 31 heavy (non-hydrogen) atoms. The zero-order valence-corrected chi connectivity index (χ0v) is 17.2. The number of aromatic amines is 1. The molecule has 0 atom stereocenters. The van der Waals surface area contributed by atoms with Crippen LogP contribution in [-0.2, 0) is 0 Å². The Morgan fingerprint density at radius 1 is 1.06 bits per heavy atom. The molecule has 6 nitrogen and oxygen atoms in total. The summed E-state index contributed by atoms with van der Waals surface area (Å²) < 4.78 is 30.6. The van der Waals surface area contributed by atoms with Crippen LogP contribution in [0.25, 0.3) is 11.3 Å². The molecule has 1 aliphatic rings. The maximum absolute atomic E-state index is 12.7. The van der Waals surface area contributed by atoms with Crippen LogP contribution in [0.4, 0.5) is 8.78 Å². The van der Waals surface area contributed by atoms with Gasteiger partial charge in [-0.1, -0.05) is 11.6 Å². The highest BCUT2D eigenvalue weighted by Gasteiger charge is 2.26. The Bertz CT molecular complexity index is 1100. The lowest BCUT2D eigenvalue weighted by atomic mass is 10.0. The lowest BCUT2D eigenvalue weighted by Crippen LogP contribution is -2.40. The number of H-pyrrole nitrogens is 1. The summed E-state index contributed by atoms with van der Waals surface area (Å²) in [5, 5.41) is 0.578. The first-order valence-electron chi connectivity index (χ1n) is 9.82. The van der Waals surface area contributed by atoms with Gasteiger partial charge in [-0.15, -0.1) is 0 Å². The highest BCUT2D eigenvalue weighted by Crippen LogP contribution is 2.26. The van der Waals surface area contributed by atoms with Crippen molar-refractivity contribution >= 4 is 17.5 Å². The minimum atomic E-state index is -2.89. The van der Waals surface area contributed by atoms with Crippen molar-refractivity contribution in [3.63, 3.8) is 0 Å². The standard InChI is InChI=1S/C22H20ClF2N3O3/c23-16-5-1-15(2-6-16)20(29)27-11-9-17(10-12-27)28-13-19(26-22(28)30)14-3-7-18(8-4-14)31-21(24)25/h1-8,13,17,21H,9-12H2,(H,26,30). The van der Waals surface area contributed by atoms with Gasteiger partial charge in [-0.3, -0.25) is 9.36 Å². The van der Waals surface area contributed by atoms with E-state index in [0.717, 1.165) is 0 Å². The zero-order chi connectivity index (χ0) is 22.0. The number of imidazole rings is 1. The third kappa shape index (κ3) is 4.80. The fraction of sp³-hybridized carbons (Fsp3) is 0.273. The summed E-state index contributed by atoms with van der Waals surface area (Å²) in [5.74, 6) is 0.00147. The minimum absolute atomic E-state index is 0.0341. The van der Waals surface area contributed by atoms with Gasteiger partial charge < -0.3 is 14.6 Å². The number of halogens is 3. The number of benzene rings is 2. The van der Waals surface area contributed by atoms with Crippen molar-refractivity contribution in [2.75, 3.05) is 13.1 Å². The molecule has 1 aliphatic heterocycles. The number of aromatic nitrogens is 2. The number of hydrogen-bond acceptors (Lipinski definition) is 3. The van der Waals surface area contributed by atoms with Crippen molar-refractivity contribution in [1.82, 2.24) is 14.5 Å². The predicted molar refractivity (Wildman–Crippen MR) is 113 cm³/mol. The van der Waals surface area contributed by atoms with E-state index in [1.165, 1.54) is 12.1 Å². The molecule has 4 rings (SSSR count). The van der Waals surface area contributed by atoms with Crippen LogP contribution >= 0.6 is 11.6 Å². The molecule has 162 valence electrons. The monoisotopic (exact) mass is 447 g/mol. The third-order valence-corrected chi connectivity index (χ3v) is 5.62. The van der Waals surface area contributed by atoms with Gasteiger partial charge in [0.25, 0.3) is 5.91 Å². The van der Waals surface area contributed by atoms with E-state index >= 15 is 0 Å². The Labute approximate surface area is 182 Å². The second-order valence-electron chi connectivity index (χ2n) is 7.31. The molecule has 0 bridgehead atoms.